The number of carbonyl (C=O) groups is 2. The largest absolute Gasteiger partial charge is 0.332 e. The van der Waals surface area contributed by atoms with E-state index in [4.69, 9.17) is 11.6 Å². The summed E-state index contributed by atoms with van der Waals surface area (Å²) in [5.74, 6) is -0.421. The van der Waals surface area contributed by atoms with Gasteiger partial charge in [0, 0.05) is 23.1 Å². The van der Waals surface area contributed by atoms with E-state index < -0.39 is 0 Å². The molecule has 4 aromatic rings. The monoisotopic (exact) mass is 480 g/mol. The molecule has 0 saturated carbocycles. The summed E-state index contributed by atoms with van der Waals surface area (Å²) in [4.78, 5) is 28.6. The number of hydrogen-bond acceptors (Lipinski definition) is 4. The van der Waals surface area contributed by atoms with E-state index in [1.807, 2.05) is 74.0 Å². The lowest BCUT2D eigenvalue weighted by atomic mass is 10.1. The number of rotatable bonds is 6. The lowest BCUT2D eigenvalue weighted by Crippen LogP contribution is -2.34. The van der Waals surface area contributed by atoms with Gasteiger partial charge in [-0.15, -0.1) is 11.3 Å². The number of nitrogens with zero attached hydrogens (tertiary/aromatic N) is 3. The fourth-order valence-corrected chi connectivity index (χ4v) is 4.92. The van der Waals surface area contributed by atoms with Gasteiger partial charge in [0.2, 0.25) is 5.91 Å². The number of nitrogens with one attached hydrogen (secondary N) is 1. The Labute approximate surface area is 201 Å². The molecule has 2 heterocycles. The minimum atomic E-state index is -0.231. The highest BCUT2D eigenvalue weighted by Gasteiger charge is 2.21. The molecular weight excluding hydrogens is 456 g/mol. The summed E-state index contributed by atoms with van der Waals surface area (Å²) in [6, 6.07) is 15.3. The van der Waals surface area contributed by atoms with Crippen LogP contribution in [0.15, 0.2) is 48.5 Å². The molecule has 0 aliphatic heterocycles. The van der Waals surface area contributed by atoms with Crippen molar-refractivity contribution in [2.24, 2.45) is 0 Å². The van der Waals surface area contributed by atoms with Crippen LogP contribution in [-0.2, 0) is 11.3 Å². The Morgan fingerprint density at radius 2 is 1.85 bits per heavy atom. The van der Waals surface area contributed by atoms with Gasteiger partial charge in [0.15, 0.2) is 0 Å². The maximum Gasteiger partial charge on any atom is 0.264 e. The first kappa shape index (κ1) is 23.0. The molecule has 0 fully saturated rings. The summed E-state index contributed by atoms with van der Waals surface area (Å²) >= 11 is 7.38. The highest BCUT2D eigenvalue weighted by molar-refractivity contribution is 7.20. The molecule has 0 radical (unpaired) electrons. The molecule has 0 unspecified atom stereocenters. The van der Waals surface area contributed by atoms with Crippen LogP contribution in [0.5, 0.6) is 0 Å². The maximum atomic E-state index is 13.1. The zero-order valence-electron chi connectivity index (χ0n) is 19.0. The van der Waals surface area contributed by atoms with Crippen molar-refractivity contribution in [1.29, 1.82) is 0 Å². The lowest BCUT2D eigenvalue weighted by Gasteiger charge is -2.17. The fraction of sp³-hybridized carbons (Fsp3) is 0.240. The number of likely N-dealkylation sites (N-methyl/N-ethyl adjacent to an activating group) is 1. The van der Waals surface area contributed by atoms with E-state index >= 15 is 0 Å². The van der Waals surface area contributed by atoms with Crippen molar-refractivity contribution >= 4 is 50.7 Å². The van der Waals surface area contributed by atoms with Crippen molar-refractivity contribution < 1.29 is 9.59 Å². The van der Waals surface area contributed by atoms with Crippen LogP contribution in [-0.4, -0.2) is 40.1 Å². The Balaban J connectivity index is 1.48. The molecule has 0 atom stereocenters. The van der Waals surface area contributed by atoms with Crippen LogP contribution in [0.25, 0.3) is 10.2 Å². The van der Waals surface area contributed by atoms with Crippen molar-refractivity contribution in [3.8, 4) is 0 Å². The zero-order valence-corrected chi connectivity index (χ0v) is 20.5. The van der Waals surface area contributed by atoms with Gasteiger partial charge in [-0.1, -0.05) is 35.9 Å². The van der Waals surface area contributed by atoms with Crippen LogP contribution in [0, 0.1) is 20.8 Å². The van der Waals surface area contributed by atoms with Crippen LogP contribution in [0.4, 0.5) is 5.69 Å². The molecule has 2 aromatic carbocycles. The van der Waals surface area contributed by atoms with E-state index in [2.05, 4.69) is 10.4 Å². The molecule has 0 spiro atoms. The summed E-state index contributed by atoms with van der Waals surface area (Å²) in [7, 11) is 1.64. The second-order valence-electron chi connectivity index (χ2n) is 8.16. The van der Waals surface area contributed by atoms with Gasteiger partial charge >= 0.3 is 0 Å². The van der Waals surface area contributed by atoms with Gasteiger partial charge in [0.25, 0.3) is 5.91 Å². The predicted molar refractivity (Wildman–Crippen MR) is 134 cm³/mol. The van der Waals surface area contributed by atoms with Crippen molar-refractivity contribution in [2.45, 2.75) is 27.3 Å². The molecule has 0 saturated heterocycles. The first-order valence-corrected chi connectivity index (χ1v) is 11.8. The average Bonchev–Trinajstić information content (AvgIpc) is 3.33. The smallest absolute Gasteiger partial charge is 0.264 e. The number of halogens is 1. The molecule has 170 valence electrons. The Bertz CT molecular complexity index is 1340. The van der Waals surface area contributed by atoms with Crippen LogP contribution in [0.2, 0.25) is 5.02 Å². The second kappa shape index (κ2) is 9.37. The van der Waals surface area contributed by atoms with Crippen LogP contribution in [0.3, 0.4) is 0 Å². The molecule has 2 amide bonds. The van der Waals surface area contributed by atoms with E-state index in [9.17, 15) is 9.59 Å². The molecule has 0 aliphatic carbocycles. The molecular formula is C25H25ClN4O2S. The average molecular weight is 481 g/mol. The number of thiophene rings is 1. The number of fused-ring (bicyclic) bond motifs is 1. The summed E-state index contributed by atoms with van der Waals surface area (Å²) < 4.78 is 1.91. The molecule has 6 nitrogen and oxygen atoms in total. The molecule has 0 aliphatic rings. The summed E-state index contributed by atoms with van der Waals surface area (Å²) in [6.45, 7) is 6.45. The van der Waals surface area contributed by atoms with Gasteiger partial charge in [-0.3, -0.25) is 14.3 Å². The number of benzene rings is 2. The van der Waals surface area contributed by atoms with Crippen molar-refractivity contribution in [1.82, 2.24) is 14.7 Å². The van der Waals surface area contributed by atoms with Crippen LogP contribution < -0.4 is 5.32 Å². The van der Waals surface area contributed by atoms with E-state index in [-0.39, 0.29) is 18.4 Å². The highest BCUT2D eigenvalue weighted by Crippen LogP contribution is 2.30. The molecule has 4 rings (SSSR count). The minimum absolute atomic E-state index is 0.0314. The SMILES string of the molecule is Cc1cccc(NC(=O)CN(C)C(=O)c2cc3c(C)nn(Cc4ccc(Cl)cc4)c3s2)c1C. The lowest BCUT2D eigenvalue weighted by molar-refractivity contribution is -0.116. The van der Waals surface area contributed by atoms with Gasteiger partial charge < -0.3 is 10.2 Å². The quantitative estimate of drug-likeness (QED) is 0.400. The number of carbonyl (C=O) groups excluding carboxylic acids is 2. The Kier molecular flexibility index (Phi) is 6.54. The molecule has 8 heteroatoms. The predicted octanol–water partition coefficient (Wildman–Crippen LogP) is 5.44. The van der Waals surface area contributed by atoms with Gasteiger partial charge in [0.1, 0.15) is 4.83 Å². The zero-order chi connectivity index (χ0) is 23.7. The van der Waals surface area contributed by atoms with E-state index in [0.29, 0.717) is 16.4 Å². The molecule has 0 bridgehead atoms. The van der Waals surface area contributed by atoms with Gasteiger partial charge in [-0.05, 0) is 61.7 Å². The third-order valence-electron chi connectivity index (χ3n) is 5.67. The Morgan fingerprint density at radius 3 is 2.58 bits per heavy atom. The third-order valence-corrected chi connectivity index (χ3v) is 7.06. The van der Waals surface area contributed by atoms with Crippen molar-refractivity contribution in [3.63, 3.8) is 0 Å². The fourth-order valence-electron chi connectivity index (χ4n) is 3.64. The second-order valence-corrected chi connectivity index (χ2v) is 9.62. The van der Waals surface area contributed by atoms with Crippen LogP contribution >= 0.6 is 22.9 Å². The first-order valence-electron chi connectivity index (χ1n) is 10.6. The number of aromatic nitrogens is 2. The third kappa shape index (κ3) is 4.94. The minimum Gasteiger partial charge on any atom is -0.332 e. The summed E-state index contributed by atoms with van der Waals surface area (Å²) in [5.41, 5.74) is 4.83. The highest BCUT2D eigenvalue weighted by atomic mass is 35.5. The number of aryl methyl sites for hydroxylation is 2. The molecule has 1 N–H and O–H groups in total. The van der Waals surface area contributed by atoms with Gasteiger partial charge in [-0.2, -0.15) is 5.10 Å². The first-order chi connectivity index (χ1) is 15.7. The molecule has 2 aromatic heterocycles. The summed E-state index contributed by atoms with van der Waals surface area (Å²) in [6.07, 6.45) is 0. The standard InChI is InChI=1S/C25H25ClN4O2S/c1-15-6-5-7-21(16(15)2)27-23(31)14-29(4)24(32)22-12-20-17(3)28-30(25(20)33-22)13-18-8-10-19(26)11-9-18/h5-12H,13-14H2,1-4H3,(H,27,31). The van der Waals surface area contributed by atoms with E-state index in [0.717, 1.165) is 38.3 Å². The number of anilines is 1. The van der Waals surface area contributed by atoms with E-state index in [1.165, 1.54) is 16.2 Å². The van der Waals surface area contributed by atoms with Gasteiger partial charge in [-0.25, -0.2) is 0 Å². The topological polar surface area (TPSA) is 67.2 Å². The number of amides is 2. The molecule has 33 heavy (non-hydrogen) atoms. The van der Waals surface area contributed by atoms with Gasteiger partial charge in [0.05, 0.1) is 23.7 Å². The summed E-state index contributed by atoms with van der Waals surface area (Å²) in [5, 5.41) is 9.17. The number of hydrogen-bond donors (Lipinski definition) is 1. The van der Waals surface area contributed by atoms with Crippen LogP contribution in [0.1, 0.15) is 32.1 Å². The maximum absolute atomic E-state index is 13.1. The Hall–Kier alpha value is -3.16. The normalized spacial score (nSPS) is 11.1. The van der Waals surface area contributed by atoms with Crippen molar-refractivity contribution in [3.05, 3.63) is 80.8 Å². The van der Waals surface area contributed by atoms with E-state index in [1.54, 1.807) is 7.05 Å². The Morgan fingerprint density at radius 1 is 1.12 bits per heavy atom. The van der Waals surface area contributed by atoms with Crippen molar-refractivity contribution in [2.75, 3.05) is 18.9 Å².